The maximum atomic E-state index is 4.80. The molecule has 1 heterocycles. The highest BCUT2D eigenvalue weighted by Gasteiger charge is 2.15. The third-order valence-electron chi connectivity index (χ3n) is 3.36. The van der Waals surface area contributed by atoms with Crippen LogP contribution in [0.4, 0.5) is 0 Å². The van der Waals surface area contributed by atoms with Gasteiger partial charge in [-0.05, 0) is 38.4 Å². The van der Waals surface area contributed by atoms with Crippen LogP contribution >= 0.6 is 0 Å². The average molecular weight is 257 g/mol. The number of aromatic amines is 1. The van der Waals surface area contributed by atoms with Gasteiger partial charge in [-0.1, -0.05) is 31.5 Å². The minimum absolute atomic E-state index is 0.429. The number of aryl methyl sites for hydroxylation is 2. The van der Waals surface area contributed by atoms with E-state index in [0.717, 1.165) is 18.1 Å². The smallest absolute Gasteiger partial charge is 0.138 e. The third-order valence-corrected chi connectivity index (χ3v) is 3.36. The summed E-state index contributed by atoms with van der Waals surface area (Å²) in [6.07, 6.45) is 0. The Morgan fingerprint density at radius 1 is 1.26 bits per heavy atom. The molecule has 3 heteroatoms. The molecule has 0 amide bonds. The summed E-state index contributed by atoms with van der Waals surface area (Å²) in [7, 11) is 1.96. The van der Waals surface area contributed by atoms with E-state index in [-0.39, 0.29) is 0 Å². The third kappa shape index (κ3) is 2.87. The largest absolute Gasteiger partial charge is 0.341 e. The van der Waals surface area contributed by atoms with Crippen LogP contribution in [0.2, 0.25) is 0 Å². The number of hydrogen-bond donors (Lipinski definition) is 2. The lowest BCUT2D eigenvalue weighted by Gasteiger charge is -2.04. The van der Waals surface area contributed by atoms with Gasteiger partial charge in [0.15, 0.2) is 0 Å². The van der Waals surface area contributed by atoms with E-state index in [1.807, 2.05) is 7.05 Å². The first-order valence-corrected chi connectivity index (χ1v) is 6.84. The predicted molar refractivity (Wildman–Crippen MR) is 80.4 cm³/mol. The van der Waals surface area contributed by atoms with Crippen LogP contribution in [0.1, 0.15) is 42.3 Å². The molecule has 0 atom stereocenters. The molecule has 2 aromatic rings. The predicted octanol–water partition coefficient (Wildman–Crippen LogP) is 3.54. The van der Waals surface area contributed by atoms with Gasteiger partial charge in [-0.15, -0.1) is 0 Å². The topological polar surface area (TPSA) is 40.7 Å². The standard InChI is InChI=1S/C16H23N3/c1-10(2)15-14(9-17-5)18-16(19-15)13-8-11(3)6-7-12(13)4/h6-8,10,17H,9H2,1-5H3,(H,18,19). The number of benzene rings is 1. The van der Waals surface area contributed by atoms with E-state index >= 15 is 0 Å². The van der Waals surface area contributed by atoms with Crippen molar-refractivity contribution in [3.63, 3.8) is 0 Å². The van der Waals surface area contributed by atoms with E-state index < -0.39 is 0 Å². The molecule has 0 fully saturated rings. The minimum Gasteiger partial charge on any atom is -0.341 e. The zero-order valence-electron chi connectivity index (χ0n) is 12.5. The van der Waals surface area contributed by atoms with Crippen molar-refractivity contribution in [1.29, 1.82) is 0 Å². The zero-order chi connectivity index (χ0) is 14.0. The fraction of sp³-hybridized carbons (Fsp3) is 0.438. The normalized spacial score (nSPS) is 11.3. The van der Waals surface area contributed by atoms with Crippen molar-refractivity contribution >= 4 is 0 Å². The van der Waals surface area contributed by atoms with Gasteiger partial charge in [0, 0.05) is 12.1 Å². The van der Waals surface area contributed by atoms with Crippen molar-refractivity contribution in [3.05, 3.63) is 40.7 Å². The Labute approximate surface area is 115 Å². The van der Waals surface area contributed by atoms with Gasteiger partial charge < -0.3 is 10.3 Å². The molecule has 1 aromatic carbocycles. The van der Waals surface area contributed by atoms with Gasteiger partial charge in [0.2, 0.25) is 0 Å². The Kier molecular flexibility index (Phi) is 4.05. The summed E-state index contributed by atoms with van der Waals surface area (Å²) in [5.74, 6) is 1.41. The van der Waals surface area contributed by atoms with Gasteiger partial charge in [0.1, 0.15) is 5.82 Å². The summed E-state index contributed by atoms with van der Waals surface area (Å²) < 4.78 is 0. The molecule has 19 heavy (non-hydrogen) atoms. The Morgan fingerprint density at radius 3 is 2.63 bits per heavy atom. The first-order valence-electron chi connectivity index (χ1n) is 6.84. The van der Waals surface area contributed by atoms with Gasteiger partial charge >= 0.3 is 0 Å². The van der Waals surface area contributed by atoms with E-state index in [2.05, 4.69) is 56.2 Å². The van der Waals surface area contributed by atoms with Crippen LogP contribution in [0, 0.1) is 13.8 Å². The van der Waals surface area contributed by atoms with Crippen molar-refractivity contribution < 1.29 is 0 Å². The summed E-state index contributed by atoms with van der Waals surface area (Å²) in [6.45, 7) is 9.43. The molecular formula is C16H23N3. The number of rotatable bonds is 4. The van der Waals surface area contributed by atoms with Gasteiger partial charge in [0.05, 0.1) is 11.4 Å². The highest BCUT2D eigenvalue weighted by Crippen LogP contribution is 2.26. The minimum atomic E-state index is 0.429. The molecule has 2 N–H and O–H groups in total. The van der Waals surface area contributed by atoms with E-state index in [0.29, 0.717) is 5.92 Å². The van der Waals surface area contributed by atoms with Gasteiger partial charge in [-0.25, -0.2) is 4.98 Å². The zero-order valence-corrected chi connectivity index (χ0v) is 12.5. The number of nitrogens with one attached hydrogen (secondary N) is 2. The van der Waals surface area contributed by atoms with E-state index in [1.54, 1.807) is 0 Å². The van der Waals surface area contributed by atoms with Crippen LogP contribution in [0.5, 0.6) is 0 Å². The average Bonchev–Trinajstić information content (AvgIpc) is 2.77. The van der Waals surface area contributed by atoms with Crippen molar-refractivity contribution in [1.82, 2.24) is 15.3 Å². The molecule has 0 spiro atoms. The molecule has 0 saturated heterocycles. The van der Waals surface area contributed by atoms with Crippen molar-refractivity contribution in [2.24, 2.45) is 0 Å². The first-order chi connectivity index (χ1) is 9.02. The fourth-order valence-electron chi connectivity index (χ4n) is 2.33. The van der Waals surface area contributed by atoms with E-state index in [9.17, 15) is 0 Å². The molecular weight excluding hydrogens is 234 g/mol. The van der Waals surface area contributed by atoms with Crippen molar-refractivity contribution in [2.75, 3.05) is 7.05 Å². The van der Waals surface area contributed by atoms with Crippen molar-refractivity contribution in [3.8, 4) is 11.4 Å². The Morgan fingerprint density at radius 2 is 2.00 bits per heavy atom. The van der Waals surface area contributed by atoms with Crippen LogP contribution in [0.25, 0.3) is 11.4 Å². The summed E-state index contributed by atoms with van der Waals surface area (Å²) in [5, 5.41) is 3.20. The molecule has 3 nitrogen and oxygen atoms in total. The second kappa shape index (κ2) is 5.57. The Bertz CT molecular complexity index is 567. The molecule has 1 aromatic heterocycles. The Balaban J connectivity index is 2.50. The first kappa shape index (κ1) is 13.8. The lowest BCUT2D eigenvalue weighted by Crippen LogP contribution is -2.08. The fourth-order valence-corrected chi connectivity index (χ4v) is 2.33. The van der Waals surface area contributed by atoms with Crippen LogP contribution in [0.15, 0.2) is 18.2 Å². The summed E-state index contributed by atoms with van der Waals surface area (Å²) in [5.41, 5.74) is 6.06. The molecule has 0 bridgehead atoms. The highest BCUT2D eigenvalue weighted by atomic mass is 15.0. The van der Waals surface area contributed by atoms with Crippen LogP contribution < -0.4 is 5.32 Å². The van der Waals surface area contributed by atoms with Crippen molar-refractivity contribution in [2.45, 2.75) is 40.2 Å². The quantitative estimate of drug-likeness (QED) is 0.879. The summed E-state index contributed by atoms with van der Waals surface area (Å²) in [4.78, 5) is 8.28. The lowest BCUT2D eigenvalue weighted by atomic mass is 10.1. The van der Waals surface area contributed by atoms with Gasteiger partial charge in [-0.2, -0.15) is 0 Å². The molecule has 0 radical (unpaired) electrons. The molecule has 0 aliphatic rings. The molecule has 102 valence electrons. The summed E-state index contributed by atoms with van der Waals surface area (Å²) in [6, 6.07) is 6.49. The Hall–Kier alpha value is -1.61. The molecule has 0 aliphatic heterocycles. The SMILES string of the molecule is CNCc1[nH]c(-c2cc(C)ccc2C)nc1C(C)C. The van der Waals surface area contributed by atoms with E-state index in [4.69, 9.17) is 4.98 Å². The maximum Gasteiger partial charge on any atom is 0.138 e. The number of aromatic nitrogens is 2. The van der Waals surface area contributed by atoms with E-state index in [1.165, 1.54) is 22.4 Å². The highest BCUT2D eigenvalue weighted by molar-refractivity contribution is 5.62. The summed E-state index contributed by atoms with van der Waals surface area (Å²) >= 11 is 0. The molecule has 0 saturated carbocycles. The molecule has 0 unspecified atom stereocenters. The van der Waals surface area contributed by atoms with Gasteiger partial charge in [0.25, 0.3) is 0 Å². The lowest BCUT2D eigenvalue weighted by molar-refractivity contribution is 0.750. The number of imidazole rings is 1. The van der Waals surface area contributed by atoms with Crippen LogP contribution in [-0.2, 0) is 6.54 Å². The van der Waals surface area contributed by atoms with Crippen LogP contribution in [0.3, 0.4) is 0 Å². The number of H-pyrrole nitrogens is 1. The monoisotopic (exact) mass is 257 g/mol. The molecule has 2 rings (SSSR count). The van der Waals surface area contributed by atoms with Crippen LogP contribution in [-0.4, -0.2) is 17.0 Å². The second-order valence-corrected chi connectivity index (χ2v) is 5.45. The maximum absolute atomic E-state index is 4.80. The second-order valence-electron chi connectivity index (χ2n) is 5.45. The van der Waals surface area contributed by atoms with Gasteiger partial charge in [-0.3, -0.25) is 0 Å². The number of nitrogens with zero attached hydrogens (tertiary/aromatic N) is 1. The molecule has 0 aliphatic carbocycles. The number of hydrogen-bond acceptors (Lipinski definition) is 2.